The Morgan fingerprint density at radius 3 is 2.47 bits per heavy atom. The van der Waals surface area contributed by atoms with Crippen molar-refractivity contribution >= 4 is 17.5 Å². The largest absolute Gasteiger partial charge is 0.416 e. The monoisotopic (exact) mass is 630 g/mol. The van der Waals surface area contributed by atoms with Gasteiger partial charge in [-0.1, -0.05) is 11.6 Å². The maximum absolute atomic E-state index is 13.5. The van der Waals surface area contributed by atoms with Crippen LogP contribution in [0.4, 0.5) is 26.3 Å². The number of carbonyl (C=O) groups is 1. The molecule has 0 saturated carbocycles. The number of aromatic nitrogens is 7. The van der Waals surface area contributed by atoms with Gasteiger partial charge < -0.3 is 10.0 Å². The SMILES string of the molecule is O=C(c1ncccc1-n1cnc(Cn2nc(-c3ccc(Cl)cc3)n(C[C@H](O)C(F)(F)F)c2=O)n1)N1CCC[C@@H]1C(F)(F)F. The van der Waals surface area contributed by atoms with Crippen LogP contribution in [-0.4, -0.2) is 81.1 Å². The molecule has 3 aromatic heterocycles. The van der Waals surface area contributed by atoms with Crippen LogP contribution in [0.15, 0.2) is 53.7 Å². The lowest BCUT2D eigenvalue weighted by atomic mass is 10.2. The molecule has 0 bridgehead atoms. The van der Waals surface area contributed by atoms with Crippen LogP contribution in [0.2, 0.25) is 5.02 Å². The molecule has 228 valence electrons. The van der Waals surface area contributed by atoms with Gasteiger partial charge in [0.15, 0.2) is 23.4 Å². The van der Waals surface area contributed by atoms with Gasteiger partial charge in [0.25, 0.3) is 5.91 Å². The molecule has 0 spiro atoms. The van der Waals surface area contributed by atoms with Gasteiger partial charge in [0.1, 0.15) is 18.9 Å². The molecule has 1 N–H and O–H groups in total. The molecule has 1 aliphatic rings. The number of hydrogen-bond donors (Lipinski definition) is 1. The van der Waals surface area contributed by atoms with Crippen LogP contribution in [-0.2, 0) is 13.1 Å². The number of likely N-dealkylation sites (tertiary alicyclic amines) is 1. The van der Waals surface area contributed by atoms with E-state index in [2.05, 4.69) is 20.2 Å². The predicted molar refractivity (Wildman–Crippen MR) is 137 cm³/mol. The molecule has 43 heavy (non-hydrogen) atoms. The molecule has 1 aromatic carbocycles. The van der Waals surface area contributed by atoms with E-state index in [1.807, 2.05) is 0 Å². The lowest BCUT2D eigenvalue weighted by molar-refractivity contribution is -0.207. The Bertz CT molecular complexity index is 1680. The van der Waals surface area contributed by atoms with Crippen LogP contribution in [0.25, 0.3) is 17.1 Å². The van der Waals surface area contributed by atoms with Gasteiger partial charge in [0.05, 0.1) is 12.2 Å². The fourth-order valence-electron chi connectivity index (χ4n) is 4.65. The number of rotatable bonds is 7. The summed E-state index contributed by atoms with van der Waals surface area (Å²) in [5.41, 5.74) is -1.05. The quantitative estimate of drug-likeness (QED) is 0.310. The van der Waals surface area contributed by atoms with E-state index in [4.69, 9.17) is 11.6 Å². The summed E-state index contributed by atoms with van der Waals surface area (Å²) in [7, 11) is 0. The maximum atomic E-state index is 13.5. The van der Waals surface area contributed by atoms with E-state index in [1.165, 1.54) is 42.6 Å². The third kappa shape index (κ3) is 6.27. The van der Waals surface area contributed by atoms with Crippen molar-refractivity contribution in [2.24, 2.45) is 0 Å². The van der Waals surface area contributed by atoms with E-state index >= 15 is 0 Å². The first-order chi connectivity index (χ1) is 20.2. The molecule has 1 fully saturated rings. The van der Waals surface area contributed by atoms with Crippen molar-refractivity contribution in [3.8, 4) is 17.1 Å². The minimum atomic E-state index is -5.01. The number of alkyl halides is 6. The predicted octanol–water partition coefficient (Wildman–Crippen LogP) is 3.48. The Hall–Kier alpha value is -4.25. The van der Waals surface area contributed by atoms with Crippen LogP contribution in [0, 0.1) is 0 Å². The molecular weight excluding hydrogens is 610 g/mol. The van der Waals surface area contributed by atoms with Crippen LogP contribution >= 0.6 is 11.6 Å². The van der Waals surface area contributed by atoms with Gasteiger partial charge in [0.2, 0.25) is 0 Å². The lowest BCUT2D eigenvalue weighted by Crippen LogP contribution is -2.45. The molecule has 4 heterocycles. The molecule has 1 aliphatic heterocycles. The summed E-state index contributed by atoms with van der Waals surface area (Å²) in [5.74, 6) is -1.20. The Morgan fingerprint density at radius 2 is 1.79 bits per heavy atom. The van der Waals surface area contributed by atoms with Crippen LogP contribution in [0.3, 0.4) is 0 Å². The number of amides is 1. The molecule has 0 unspecified atom stereocenters. The third-order valence-corrected chi connectivity index (χ3v) is 6.97. The van der Waals surface area contributed by atoms with Crippen molar-refractivity contribution in [2.75, 3.05) is 6.54 Å². The summed E-state index contributed by atoms with van der Waals surface area (Å²) in [6.45, 7) is -1.68. The first-order valence-corrected chi connectivity index (χ1v) is 13.0. The van der Waals surface area contributed by atoms with E-state index in [0.29, 0.717) is 14.5 Å². The van der Waals surface area contributed by atoms with Gasteiger partial charge in [-0.3, -0.25) is 9.36 Å². The number of halogens is 7. The second kappa shape index (κ2) is 11.4. The van der Waals surface area contributed by atoms with Gasteiger partial charge in [0, 0.05) is 23.3 Å². The molecule has 2 atom stereocenters. The number of aliphatic hydroxyl groups is 1. The van der Waals surface area contributed by atoms with Crippen molar-refractivity contribution in [1.82, 2.24) is 39.0 Å². The zero-order valence-corrected chi connectivity index (χ0v) is 22.6. The molecule has 0 radical (unpaired) electrons. The van der Waals surface area contributed by atoms with Crippen molar-refractivity contribution in [2.45, 2.75) is 50.4 Å². The highest BCUT2D eigenvalue weighted by Gasteiger charge is 2.48. The summed E-state index contributed by atoms with van der Waals surface area (Å²) < 4.78 is 82.3. The number of nitrogens with zero attached hydrogens (tertiary/aromatic N) is 8. The Balaban J connectivity index is 1.46. The standard InChI is InChI=1S/C25H21ClF6N8O3/c26-15-7-5-14(6-8-15)21-36-39(23(43)38(21)11-18(41)25(30,31)32)12-19-34-13-40(35-19)16-3-1-9-33-20(16)22(42)37-10-2-4-17(37)24(27,28)29/h1,3,5-9,13,17-18,41H,2,4,10-12H2/t17-,18+/m1/s1. The van der Waals surface area contributed by atoms with E-state index in [0.717, 1.165) is 15.7 Å². The average molecular weight is 631 g/mol. The van der Waals surface area contributed by atoms with Gasteiger partial charge in [-0.2, -0.15) is 26.3 Å². The fraction of sp³-hybridized carbons (Fsp3) is 0.360. The summed E-state index contributed by atoms with van der Waals surface area (Å²) in [6, 6.07) is 6.64. The fourth-order valence-corrected chi connectivity index (χ4v) is 4.78. The zero-order valence-electron chi connectivity index (χ0n) is 21.8. The lowest BCUT2D eigenvalue weighted by Gasteiger charge is -2.26. The first kappa shape index (κ1) is 30.2. The van der Waals surface area contributed by atoms with Crippen molar-refractivity contribution in [3.63, 3.8) is 0 Å². The first-order valence-electron chi connectivity index (χ1n) is 12.7. The normalized spacial score (nSPS) is 16.6. The van der Waals surface area contributed by atoms with Crippen molar-refractivity contribution < 1.29 is 36.2 Å². The Kier molecular flexibility index (Phi) is 8.04. The summed E-state index contributed by atoms with van der Waals surface area (Å²) >= 11 is 5.89. The van der Waals surface area contributed by atoms with Gasteiger partial charge >= 0.3 is 18.0 Å². The van der Waals surface area contributed by atoms with Crippen LogP contribution in [0.1, 0.15) is 29.2 Å². The molecule has 1 amide bonds. The highest BCUT2D eigenvalue weighted by atomic mass is 35.5. The number of pyridine rings is 1. The Morgan fingerprint density at radius 1 is 1.07 bits per heavy atom. The number of benzene rings is 1. The second-order valence-electron chi connectivity index (χ2n) is 9.61. The van der Waals surface area contributed by atoms with Crippen molar-refractivity contribution in [3.05, 3.63) is 75.9 Å². The number of hydrogen-bond acceptors (Lipinski definition) is 7. The minimum absolute atomic E-state index is 0.0205. The smallest absolute Gasteiger partial charge is 0.382 e. The second-order valence-corrected chi connectivity index (χ2v) is 10.0. The number of carbonyl (C=O) groups excluding carboxylic acids is 1. The number of aliphatic hydroxyl groups excluding tert-OH is 1. The topological polar surface area (TPSA) is 124 Å². The molecule has 11 nitrogen and oxygen atoms in total. The molecule has 5 rings (SSSR count). The Labute approximate surface area is 243 Å². The molecule has 1 saturated heterocycles. The van der Waals surface area contributed by atoms with Gasteiger partial charge in [-0.25, -0.2) is 24.1 Å². The molecule has 18 heteroatoms. The highest BCUT2D eigenvalue weighted by molar-refractivity contribution is 6.30. The minimum Gasteiger partial charge on any atom is -0.382 e. The van der Waals surface area contributed by atoms with Gasteiger partial charge in [-0.05, 0) is 49.2 Å². The van der Waals surface area contributed by atoms with Crippen LogP contribution in [0.5, 0.6) is 0 Å². The third-order valence-electron chi connectivity index (χ3n) is 6.72. The summed E-state index contributed by atoms with van der Waals surface area (Å²) in [5, 5.41) is 18.3. The van der Waals surface area contributed by atoms with E-state index in [9.17, 15) is 41.0 Å². The highest BCUT2D eigenvalue weighted by Crippen LogP contribution is 2.34. The van der Waals surface area contributed by atoms with Gasteiger partial charge in [-0.15, -0.1) is 10.2 Å². The average Bonchev–Trinajstić information content (AvgIpc) is 3.69. The molecule has 4 aromatic rings. The molecular formula is C25H21ClF6N8O3. The van der Waals surface area contributed by atoms with E-state index < -0.39 is 49.2 Å². The van der Waals surface area contributed by atoms with E-state index in [-0.39, 0.29) is 48.0 Å². The van der Waals surface area contributed by atoms with E-state index in [1.54, 1.807) is 0 Å². The van der Waals surface area contributed by atoms with Crippen LogP contribution < -0.4 is 5.69 Å². The zero-order chi connectivity index (χ0) is 31.1. The summed E-state index contributed by atoms with van der Waals surface area (Å²) in [4.78, 5) is 35.0. The summed E-state index contributed by atoms with van der Waals surface area (Å²) in [6.07, 6.45) is -10.2. The molecule has 0 aliphatic carbocycles. The van der Waals surface area contributed by atoms with Crippen molar-refractivity contribution in [1.29, 1.82) is 0 Å². The maximum Gasteiger partial charge on any atom is 0.416 e.